The molecule has 4 bridgehead atoms. The summed E-state index contributed by atoms with van der Waals surface area (Å²) in [4.78, 5) is 63.3. The number of rotatable bonds is 11. The fourth-order valence-corrected chi connectivity index (χ4v) is 12.0. The van der Waals surface area contributed by atoms with Gasteiger partial charge in [0.05, 0.1) is 41.5 Å². The molecule has 2 aromatic carbocycles. The van der Waals surface area contributed by atoms with Gasteiger partial charge in [0.1, 0.15) is 11.6 Å². The summed E-state index contributed by atoms with van der Waals surface area (Å²) in [6.45, 7) is 22.8. The van der Waals surface area contributed by atoms with Crippen molar-refractivity contribution in [3.63, 3.8) is 0 Å². The molecular weight excluding hydrogens is 757 g/mol. The molecule has 12 nitrogen and oxygen atoms in total. The quantitative estimate of drug-likeness (QED) is 0.148. The molecular formula is C48H66N6O6. The minimum absolute atomic E-state index is 0.0585. The number of hydrogen-bond donors (Lipinski definition) is 1. The Labute approximate surface area is 355 Å². The largest absolute Gasteiger partial charge is 0.481 e. The molecule has 0 radical (unpaired) electrons. The van der Waals surface area contributed by atoms with E-state index in [9.17, 15) is 19.2 Å². The summed E-state index contributed by atoms with van der Waals surface area (Å²) < 4.78 is 9.11. The zero-order valence-corrected chi connectivity index (χ0v) is 37.4. The molecule has 2 saturated heterocycles. The van der Waals surface area contributed by atoms with Crippen molar-refractivity contribution in [1.29, 1.82) is 0 Å². The summed E-state index contributed by atoms with van der Waals surface area (Å²) in [7, 11) is 0. The molecule has 4 aliphatic rings. The Bertz CT molecular complexity index is 2310. The molecule has 2 aliphatic heterocycles. The first kappa shape index (κ1) is 43.4. The van der Waals surface area contributed by atoms with Gasteiger partial charge in [0.25, 0.3) is 11.8 Å². The molecule has 0 spiro atoms. The van der Waals surface area contributed by atoms with Gasteiger partial charge >= 0.3 is 11.9 Å². The number of likely N-dealkylation sites (tertiary alicyclic amines) is 2. The molecule has 12 heteroatoms. The molecule has 4 aromatic rings. The third-order valence-corrected chi connectivity index (χ3v) is 13.5. The van der Waals surface area contributed by atoms with Crippen LogP contribution in [-0.4, -0.2) is 89.5 Å². The van der Waals surface area contributed by atoms with Crippen molar-refractivity contribution < 1.29 is 29.0 Å². The second-order valence-corrected chi connectivity index (χ2v) is 20.5. The first-order chi connectivity index (χ1) is 28.2. The van der Waals surface area contributed by atoms with Crippen LogP contribution in [0.1, 0.15) is 146 Å². The number of aromatic nitrogens is 4. The van der Waals surface area contributed by atoms with Crippen LogP contribution < -0.4 is 0 Å². The summed E-state index contributed by atoms with van der Waals surface area (Å²) in [6, 6.07) is 12.1. The highest BCUT2D eigenvalue weighted by Crippen LogP contribution is 2.54. The fraction of sp³-hybridized carbons (Fsp3) is 0.625. The molecule has 4 atom stereocenters. The van der Waals surface area contributed by atoms with E-state index in [1.165, 1.54) is 6.42 Å². The normalized spacial score (nSPS) is 25.0. The van der Waals surface area contributed by atoms with E-state index < -0.39 is 5.97 Å². The Morgan fingerprint density at radius 1 is 0.667 bits per heavy atom. The van der Waals surface area contributed by atoms with E-state index in [2.05, 4.69) is 67.8 Å². The maximum atomic E-state index is 13.5. The van der Waals surface area contributed by atoms with Crippen LogP contribution in [-0.2, 0) is 40.3 Å². The SMILES string of the molecule is CCOC(=O)CCn1c(CC)nc2cc(C(=O)N3CC4(C)CC3CC(C)(C)C4)ccc21.CCc1nc2cc(C(=O)N3CC4(C)CC3CC(C)(C)C4)ccc2n1CCC(=O)O. The van der Waals surface area contributed by atoms with Crippen molar-refractivity contribution in [2.75, 3.05) is 19.7 Å². The Morgan fingerprint density at radius 2 is 1.10 bits per heavy atom. The van der Waals surface area contributed by atoms with Crippen molar-refractivity contribution in [2.45, 2.75) is 152 Å². The summed E-state index contributed by atoms with van der Waals surface area (Å²) in [5, 5.41) is 9.03. The number of imidazole rings is 2. The standard InChI is InChI=1S/C25H35N3O3.C23H31N3O3/c1-6-21-26-19-12-17(8-9-20(19)27(21)11-10-22(29)31-7-2)23(30)28-16-25(5)14-18(28)13-24(3,4)15-25;1-5-19-24-17-10-15(6-7-18(17)25(19)9-8-20(27)28)21(29)26-14-23(4)12-16(26)11-22(2,3)13-23/h8-9,12,18H,6-7,10-11,13-16H2,1-5H3;6-7,10,16H,5,8-9,11-14H2,1-4H3,(H,27,28). The Morgan fingerprint density at radius 3 is 1.50 bits per heavy atom. The van der Waals surface area contributed by atoms with Crippen LogP contribution >= 0.6 is 0 Å². The molecule has 4 heterocycles. The number of carboxylic acids is 1. The van der Waals surface area contributed by atoms with Gasteiger partial charge in [-0.05, 0) is 104 Å². The van der Waals surface area contributed by atoms with Crippen LogP contribution in [0.2, 0.25) is 0 Å². The predicted octanol–water partition coefficient (Wildman–Crippen LogP) is 8.71. The van der Waals surface area contributed by atoms with Crippen molar-refractivity contribution in [3.05, 3.63) is 59.2 Å². The van der Waals surface area contributed by atoms with Gasteiger partial charge in [-0.15, -0.1) is 0 Å². The van der Waals surface area contributed by atoms with Crippen LogP contribution in [0.15, 0.2) is 36.4 Å². The molecule has 2 amide bonds. The van der Waals surface area contributed by atoms with Crippen LogP contribution in [0.4, 0.5) is 0 Å². The highest BCUT2D eigenvalue weighted by Gasteiger charge is 2.52. The number of aliphatic carboxylic acids is 1. The average Bonchev–Trinajstić information content (AvgIpc) is 3.86. The Hall–Kier alpha value is -4.74. The van der Waals surface area contributed by atoms with E-state index in [1.54, 1.807) is 0 Å². The van der Waals surface area contributed by atoms with E-state index >= 15 is 0 Å². The van der Waals surface area contributed by atoms with Crippen LogP contribution in [0, 0.1) is 21.7 Å². The number of benzene rings is 2. The van der Waals surface area contributed by atoms with Gasteiger partial charge in [-0.3, -0.25) is 19.2 Å². The monoisotopic (exact) mass is 823 g/mol. The zero-order chi connectivity index (χ0) is 43.4. The number of fused-ring (bicyclic) bond motifs is 6. The number of esters is 1. The molecule has 1 N–H and O–H groups in total. The van der Waals surface area contributed by atoms with Gasteiger partial charge in [-0.1, -0.05) is 55.4 Å². The van der Waals surface area contributed by atoms with Crippen molar-refractivity contribution in [1.82, 2.24) is 28.9 Å². The number of carbonyl (C=O) groups is 4. The average molecular weight is 823 g/mol. The molecule has 4 unspecified atom stereocenters. The molecule has 2 aliphatic carbocycles. The van der Waals surface area contributed by atoms with Crippen molar-refractivity contribution >= 4 is 45.8 Å². The lowest BCUT2D eigenvalue weighted by atomic mass is 9.65. The predicted molar refractivity (Wildman–Crippen MR) is 233 cm³/mol. The first-order valence-electron chi connectivity index (χ1n) is 22.2. The number of carbonyl (C=O) groups excluding carboxylic acids is 3. The summed E-state index contributed by atoms with van der Waals surface area (Å²) in [5.74, 6) is 0.975. The van der Waals surface area contributed by atoms with Gasteiger partial charge in [0.15, 0.2) is 0 Å². The maximum Gasteiger partial charge on any atom is 0.307 e. The number of ether oxygens (including phenoxy) is 1. The Kier molecular flexibility index (Phi) is 11.8. The fourth-order valence-electron chi connectivity index (χ4n) is 12.0. The summed E-state index contributed by atoms with van der Waals surface area (Å²) in [5.41, 5.74) is 5.82. The highest BCUT2D eigenvalue weighted by molar-refractivity contribution is 5.99. The van der Waals surface area contributed by atoms with Gasteiger partial charge in [0.2, 0.25) is 0 Å². The lowest BCUT2D eigenvalue weighted by molar-refractivity contribution is -0.143. The molecule has 2 aromatic heterocycles. The number of aryl methyl sites for hydroxylation is 4. The second kappa shape index (κ2) is 16.3. The molecule has 324 valence electrons. The molecule has 4 fully saturated rings. The third-order valence-electron chi connectivity index (χ3n) is 13.5. The van der Waals surface area contributed by atoms with Gasteiger partial charge in [-0.25, -0.2) is 9.97 Å². The Balaban J connectivity index is 0.000000182. The summed E-state index contributed by atoms with van der Waals surface area (Å²) >= 11 is 0. The number of amides is 2. The molecule has 2 saturated carbocycles. The molecule has 60 heavy (non-hydrogen) atoms. The third kappa shape index (κ3) is 8.84. The van der Waals surface area contributed by atoms with Gasteiger partial charge in [0, 0.05) is 62.2 Å². The topological polar surface area (TPSA) is 140 Å². The van der Waals surface area contributed by atoms with E-state index in [-0.39, 0.29) is 45.9 Å². The minimum Gasteiger partial charge on any atom is -0.481 e. The first-order valence-corrected chi connectivity index (χ1v) is 22.2. The number of nitrogens with zero attached hydrogens (tertiary/aromatic N) is 6. The van der Waals surface area contributed by atoms with Crippen molar-refractivity contribution in [3.8, 4) is 0 Å². The maximum absolute atomic E-state index is 13.5. The van der Waals surface area contributed by atoms with E-state index in [0.29, 0.717) is 49.3 Å². The van der Waals surface area contributed by atoms with E-state index in [0.717, 1.165) is 91.8 Å². The van der Waals surface area contributed by atoms with E-state index in [1.807, 2.05) is 54.8 Å². The zero-order valence-electron chi connectivity index (χ0n) is 37.4. The lowest BCUT2D eigenvalue weighted by Crippen LogP contribution is -2.37. The number of carboxylic acid groups (broad SMARTS) is 1. The lowest BCUT2D eigenvalue weighted by Gasteiger charge is -2.39. The van der Waals surface area contributed by atoms with Crippen molar-refractivity contribution in [2.24, 2.45) is 21.7 Å². The second-order valence-electron chi connectivity index (χ2n) is 20.5. The minimum atomic E-state index is -0.822. The highest BCUT2D eigenvalue weighted by atomic mass is 16.5. The summed E-state index contributed by atoms with van der Waals surface area (Å²) in [6.07, 6.45) is 8.51. The number of hydrogen-bond acceptors (Lipinski definition) is 7. The molecule has 8 rings (SSSR count). The smallest absolute Gasteiger partial charge is 0.307 e. The van der Waals surface area contributed by atoms with Crippen LogP contribution in [0.25, 0.3) is 22.1 Å². The van der Waals surface area contributed by atoms with E-state index in [4.69, 9.17) is 14.8 Å². The van der Waals surface area contributed by atoms with Gasteiger partial charge < -0.3 is 28.8 Å². The van der Waals surface area contributed by atoms with Crippen LogP contribution in [0.3, 0.4) is 0 Å². The van der Waals surface area contributed by atoms with Gasteiger partial charge in [-0.2, -0.15) is 0 Å². The van der Waals surface area contributed by atoms with Crippen LogP contribution in [0.5, 0.6) is 0 Å².